The summed E-state index contributed by atoms with van der Waals surface area (Å²) in [5, 5.41) is 5.70. The summed E-state index contributed by atoms with van der Waals surface area (Å²) in [4.78, 5) is 15.5. The van der Waals surface area contributed by atoms with Gasteiger partial charge in [0.25, 0.3) is 0 Å². The molecule has 28 heavy (non-hydrogen) atoms. The second-order valence-corrected chi connectivity index (χ2v) is 7.52. The monoisotopic (exact) mass is 437 g/mol. The third-order valence-electron chi connectivity index (χ3n) is 5.08. The van der Waals surface area contributed by atoms with Gasteiger partial charge in [-0.2, -0.15) is 0 Å². The molecule has 144 valence electrons. The maximum Gasteiger partial charge on any atom is 0.179 e. The quantitative estimate of drug-likeness (QED) is 0.412. The Kier molecular flexibility index (Phi) is 5.59. The number of likely N-dealkylation sites (N-methyl/N-ethyl adjacent to an activating group) is 1. The first-order valence-corrected chi connectivity index (χ1v) is 10.5. The van der Waals surface area contributed by atoms with Gasteiger partial charge in [0.15, 0.2) is 5.82 Å². The highest BCUT2D eigenvalue weighted by atomic mass is 79.9. The predicted octanol–water partition coefficient (Wildman–Crippen LogP) is 5.29. The molecule has 0 aliphatic heterocycles. The van der Waals surface area contributed by atoms with Crippen molar-refractivity contribution in [2.24, 2.45) is 0 Å². The summed E-state index contributed by atoms with van der Waals surface area (Å²) < 4.78 is 0.993. The van der Waals surface area contributed by atoms with Gasteiger partial charge in [0.05, 0.1) is 15.7 Å². The molecular formula is C22H24BrN5. The van der Waals surface area contributed by atoms with Crippen molar-refractivity contribution < 1.29 is 0 Å². The Bertz CT molecular complexity index is 1100. The highest BCUT2D eigenvalue weighted by Crippen LogP contribution is 2.34. The van der Waals surface area contributed by atoms with Gasteiger partial charge in [-0.1, -0.05) is 44.2 Å². The number of nitrogens with zero attached hydrogens (tertiary/aromatic N) is 3. The van der Waals surface area contributed by atoms with Crippen LogP contribution in [-0.4, -0.2) is 46.0 Å². The van der Waals surface area contributed by atoms with Crippen LogP contribution in [0, 0.1) is 0 Å². The summed E-state index contributed by atoms with van der Waals surface area (Å²) in [7, 11) is 0. The van der Waals surface area contributed by atoms with Crippen molar-refractivity contribution in [2.45, 2.75) is 13.8 Å². The second kappa shape index (κ2) is 8.29. The Balaban J connectivity index is 1.74. The topological polar surface area (TPSA) is 56.8 Å². The minimum Gasteiger partial charge on any atom is -0.368 e. The zero-order chi connectivity index (χ0) is 19.5. The molecular weight excluding hydrogens is 414 g/mol. The Labute approximate surface area is 173 Å². The Hall–Kier alpha value is -2.44. The van der Waals surface area contributed by atoms with Crippen molar-refractivity contribution in [3.05, 3.63) is 53.0 Å². The number of hydrogen-bond acceptors (Lipinski definition) is 4. The standard InChI is InChI=1S/C22H24BrN5/c1-3-28(4-2)14-13-24-21-16-10-6-8-12-18(16)26-22(27-21)20-19(23)15-9-5-7-11-17(15)25-20/h5-12,25H,3-4,13-14H2,1-2H3,(H,24,26,27). The summed E-state index contributed by atoms with van der Waals surface area (Å²) in [5.41, 5.74) is 2.90. The number of nitrogens with one attached hydrogen (secondary N) is 2. The number of hydrogen-bond donors (Lipinski definition) is 2. The molecule has 0 fully saturated rings. The molecule has 0 amide bonds. The smallest absolute Gasteiger partial charge is 0.179 e. The maximum atomic E-state index is 4.87. The highest BCUT2D eigenvalue weighted by molar-refractivity contribution is 9.10. The van der Waals surface area contributed by atoms with Crippen LogP contribution in [0.2, 0.25) is 0 Å². The third-order valence-corrected chi connectivity index (χ3v) is 5.91. The molecule has 2 aromatic heterocycles. The van der Waals surface area contributed by atoms with E-state index < -0.39 is 0 Å². The molecule has 2 aromatic carbocycles. The van der Waals surface area contributed by atoms with Gasteiger partial charge < -0.3 is 15.2 Å². The molecule has 4 aromatic rings. The van der Waals surface area contributed by atoms with Crippen LogP contribution >= 0.6 is 15.9 Å². The first kappa shape index (κ1) is 18.9. The Morgan fingerprint density at radius 3 is 2.43 bits per heavy atom. The van der Waals surface area contributed by atoms with Crippen molar-refractivity contribution in [2.75, 3.05) is 31.5 Å². The molecule has 0 atom stereocenters. The first-order chi connectivity index (χ1) is 13.7. The Morgan fingerprint density at radius 2 is 1.68 bits per heavy atom. The van der Waals surface area contributed by atoms with Gasteiger partial charge in [-0.15, -0.1) is 0 Å². The lowest BCUT2D eigenvalue weighted by Crippen LogP contribution is -2.28. The van der Waals surface area contributed by atoms with E-state index in [1.807, 2.05) is 30.3 Å². The van der Waals surface area contributed by atoms with Crippen LogP contribution in [0.25, 0.3) is 33.3 Å². The van der Waals surface area contributed by atoms with E-state index in [-0.39, 0.29) is 0 Å². The van der Waals surface area contributed by atoms with Gasteiger partial charge in [0, 0.05) is 29.4 Å². The van der Waals surface area contributed by atoms with Gasteiger partial charge >= 0.3 is 0 Å². The number of para-hydroxylation sites is 2. The van der Waals surface area contributed by atoms with Crippen molar-refractivity contribution in [1.82, 2.24) is 19.9 Å². The van der Waals surface area contributed by atoms with Crippen LogP contribution in [-0.2, 0) is 0 Å². The van der Waals surface area contributed by atoms with E-state index in [0.29, 0.717) is 5.82 Å². The highest BCUT2D eigenvalue weighted by Gasteiger charge is 2.15. The Morgan fingerprint density at radius 1 is 0.964 bits per heavy atom. The minimum atomic E-state index is 0.687. The molecule has 0 aliphatic carbocycles. The van der Waals surface area contributed by atoms with Crippen LogP contribution in [0.4, 0.5) is 5.82 Å². The number of aromatic nitrogens is 3. The summed E-state index contributed by atoms with van der Waals surface area (Å²) in [5.74, 6) is 1.56. The first-order valence-electron chi connectivity index (χ1n) is 9.70. The zero-order valence-corrected chi connectivity index (χ0v) is 17.8. The summed E-state index contributed by atoms with van der Waals surface area (Å²) >= 11 is 3.73. The zero-order valence-electron chi connectivity index (χ0n) is 16.2. The second-order valence-electron chi connectivity index (χ2n) is 6.73. The van der Waals surface area contributed by atoms with E-state index in [9.17, 15) is 0 Å². The van der Waals surface area contributed by atoms with Gasteiger partial charge in [0.1, 0.15) is 5.82 Å². The molecule has 0 aliphatic rings. The van der Waals surface area contributed by atoms with Gasteiger partial charge in [-0.3, -0.25) is 0 Å². The van der Waals surface area contributed by atoms with Crippen LogP contribution in [0.5, 0.6) is 0 Å². The molecule has 4 rings (SSSR count). The number of H-pyrrole nitrogens is 1. The number of aromatic amines is 1. The molecule has 0 saturated heterocycles. The fourth-order valence-electron chi connectivity index (χ4n) is 3.46. The third kappa shape index (κ3) is 3.62. The van der Waals surface area contributed by atoms with Crippen LogP contribution < -0.4 is 5.32 Å². The lowest BCUT2D eigenvalue weighted by atomic mass is 10.2. The van der Waals surface area contributed by atoms with Crippen molar-refractivity contribution in [1.29, 1.82) is 0 Å². The van der Waals surface area contributed by atoms with E-state index in [0.717, 1.165) is 64.0 Å². The molecule has 0 saturated carbocycles. The number of anilines is 1. The largest absolute Gasteiger partial charge is 0.368 e. The minimum absolute atomic E-state index is 0.687. The number of halogens is 1. The lowest BCUT2D eigenvalue weighted by Gasteiger charge is -2.18. The predicted molar refractivity (Wildman–Crippen MR) is 121 cm³/mol. The molecule has 0 bridgehead atoms. The van der Waals surface area contributed by atoms with Crippen molar-refractivity contribution >= 4 is 43.6 Å². The number of benzene rings is 2. The van der Waals surface area contributed by atoms with Crippen LogP contribution in [0.15, 0.2) is 53.0 Å². The lowest BCUT2D eigenvalue weighted by molar-refractivity contribution is 0.316. The fraction of sp³-hybridized carbons (Fsp3) is 0.273. The molecule has 2 N–H and O–H groups in total. The molecule has 6 heteroatoms. The van der Waals surface area contributed by atoms with E-state index >= 15 is 0 Å². The average molecular weight is 438 g/mol. The maximum absolute atomic E-state index is 4.87. The van der Waals surface area contributed by atoms with Gasteiger partial charge in [0.2, 0.25) is 0 Å². The van der Waals surface area contributed by atoms with Crippen molar-refractivity contribution in [3.8, 4) is 11.5 Å². The number of fused-ring (bicyclic) bond motifs is 2. The fourth-order valence-corrected chi connectivity index (χ4v) is 4.08. The molecule has 0 spiro atoms. The van der Waals surface area contributed by atoms with Crippen molar-refractivity contribution in [3.63, 3.8) is 0 Å². The van der Waals surface area contributed by atoms with E-state index in [4.69, 9.17) is 9.97 Å². The van der Waals surface area contributed by atoms with Gasteiger partial charge in [-0.25, -0.2) is 9.97 Å². The van der Waals surface area contributed by atoms with Gasteiger partial charge in [-0.05, 0) is 47.2 Å². The van der Waals surface area contributed by atoms with E-state index in [2.05, 4.69) is 63.2 Å². The van der Waals surface area contributed by atoms with Crippen LogP contribution in [0.3, 0.4) is 0 Å². The molecule has 0 radical (unpaired) electrons. The van der Waals surface area contributed by atoms with Crippen LogP contribution in [0.1, 0.15) is 13.8 Å². The van der Waals surface area contributed by atoms with E-state index in [1.165, 1.54) is 0 Å². The molecule has 2 heterocycles. The molecule has 5 nitrogen and oxygen atoms in total. The normalized spacial score (nSPS) is 11.6. The average Bonchev–Trinajstić information content (AvgIpc) is 3.08. The summed E-state index contributed by atoms with van der Waals surface area (Å²) in [6, 6.07) is 16.4. The molecule has 0 unspecified atom stereocenters. The summed E-state index contributed by atoms with van der Waals surface area (Å²) in [6.07, 6.45) is 0. The summed E-state index contributed by atoms with van der Waals surface area (Å²) in [6.45, 7) is 8.31. The van der Waals surface area contributed by atoms with E-state index in [1.54, 1.807) is 0 Å². The SMILES string of the molecule is CCN(CC)CCNc1nc(-c2[nH]c3ccccc3c2Br)nc2ccccc12. The number of rotatable bonds is 7.